The van der Waals surface area contributed by atoms with Gasteiger partial charge in [0.2, 0.25) is 0 Å². The van der Waals surface area contributed by atoms with E-state index in [0.29, 0.717) is 21.7 Å². The second-order valence-electron chi connectivity index (χ2n) is 9.88. The lowest BCUT2D eigenvalue weighted by Crippen LogP contribution is -2.10. The first-order valence-electron chi connectivity index (χ1n) is 13.1. The maximum absolute atomic E-state index is 11.5. The van der Waals surface area contributed by atoms with Crippen LogP contribution in [0.5, 0.6) is 0 Å². The molecule has 1 atom stereocenters. The van der Waals surface area contributed by atoms with Crippen LogP contribution >= 0.6 is 23.2 Å². The molecule has 11 heteroatoms. The van der Waals surface area contributed by atoms with Gasteiger partial charge in [0.15, 0.2) is 0 Å². The first-order valence-corrected chi connectivity index (χ1v) is 13.9. The van der Waals surface area contributed by atoms with Gasteiger partial charge in [0.25, 0.3) is 0 Å². The third-order valence-corrected chi connectivity index (χ3v) is 7.59. The van der Waals surface area contributed by atoms with Crippen molar-refractivity contribution in [3.63, 3.8) is 0 Å². The van der Waals surface area contributed by atoms with Crippen molar-refractivity contribution in [1.82, 2.24) is 30.2 Å². The van der Waals surface area contributed by atoms with Crippen LogP contribution < -0.4 is 5.32 Å². The van der Waals surface area contributed by atoms with Crippen LogP contribution in [0.2, 0.25) is 10.0 Å². The highest BCUT2D eigenvalue weighted by Crippen LogP contribution is 2.41. The first-order chi connectivity index (χ1) is 19.9. The molecule has 1 unspecified atom stereocenters. The van der Waals surface area contributed by atoms with Crippen molar-refractivity contribution in [2.24, 2.45) is 5.92 Å². The van der Waals surface area contributed by atoms with Gasteiger partial charge in [-0.3, -0.25) is 5.32 Å². The summed E-state index contributed by atoms with van der Waals surface area (Å²) in [5.74, 6) is 1.64. The smallest absolute Gasteiger partial charge is 0.411 e. The third-order valence-electron chi connectivity index (χ3n) is 7.04. The summed E-state index contributed by atoms with van der Waals surface area (Å²) in [6.07, 6.45) is 12.2. The molecule has 5 rings (SSSR count). The topological polar surface area (TPSA) is 111 Å². The normalized spacial score (nSPS) is 14.5. The lowest BCUT2D eigenvalue weighted by Gasteiger charge is -2.16. The summed E-state index contributed by atoms with van der Waals surface area (Å²) >= 11 is 12.9. The molecule has 0 bridgehead atoms. The predicted octanol–water partition coefficient (Wildman–Crippen LogP) is 7.64. The van der Waals surface area contributed by atoms with Gasteiger partial charge in [-0.05, 0) is 71.7 Å². The number of aromatic amines is 1. The van der Waals surface area contributed by atoms with E-state index in [1.807, 2.05) is 24.3 Å². The van der Waals surface area contributed by atoms with Gasteiger partial charge in [-0.2, -0.15) is 4.68 Å². The number of carbonyl (C=O) groups is 1. The minimum Gasteiger partial charge on any atom is -0.453 e. The van der Waals surface area contributed by atoms with Crippen LogP contribution in [0, 0.1) is 5.92 Å². The van der Waals surface area contributed by atoms with Crippen LogP contribution in [-0.2, 0) is 4.74 Å². The molecule has 2 N–H and O–H groups in total. The van der Waals surface area contributed by atoms with E-state index in [1.165, 1.54) is 20.0 Å². The van der Waals surface area contributed by atoms with Crippen molar-refractivity contribution in [3.05, 3.63) is 101 Å². The number of carbonyl (C=O) groups excluding carboxylic acids is 1. The van der Waals surface area contributed by atoms with Crippen LogP contribution in [0.1, 0.15) is 43.5 Å². The Morgan fingerprint density at radius 1 is 1.24 bits per heavy atom. The number of H-pyrrole nitrogens is 1. The SMILES string of the molecule is C=C/C(=C\C=C(/C)C(CC1CC1)c1ncc(-c2ccc(NC(=O)OC)cc2Cl)[nH]1)c1cc(Cl)ccc1-n1cnnn1. The Balaban J connectivity index is 1.44. The van der Waals surface area contributed by atoms with Gasteiger partial charge in [0.1, 0.15) is 12.2 Å². The van der Waals surface area contributed by atoms with Gasteiger partial charge < -0.3 is 9.72 Å². The third kappa shape index (κ3) is 6.75. The molecule has 0 saturated heterocycles. The highest BCUT2D eigenvalue weighted by Gasteiger charge is 2.29. The molecule has 1 aliphatic carbocycles. The van der Waals surface area contributed by atoms with E-state index in [2.05, 4.69) is 50.1 Å². The van der Waals surface area contributed by atoms with E-state index >= 15 is 0 Å². The Labute approximate surface area is 247 Å². The van der Waals surface area contributed by atoms with E-state index in [4.69, 9.17) is 28.2 Å². The van der Waals surface area contributed by atoms with Crippen molar-refractivity contribution in [2.75, 3.05) is 12.4 Å². The summed E-state index contributed by atoms with van der Waals surface area (Å²) in [6.45, 7) is 6.16. The molecule has 0 radical (unpaired) electrons. The fraction of sp³-hybridized carbons (Fsp3) is 0.233. The standard InChI is InChI=1S/C30H29Cl2N7O2/c1-4-20(25-14-21(31)9-12-28(25)39-17-34-37-38-39)8-5-18(2)24(13-19-6-7-19)29-33-16-27(36-29)23-11-10-22(15-26(23)32)35-30(40)41-3/h4-5,8-12,14-17,19,24H,1,6-7,13H2,2-3H3,(H,33,36)(H,35,40)/b18-5+,20-8+. The van der Waals surface area contributed by atoms with Gasteiger partial charge >= 0.3 is 6.09 Å². The number of amides is 1. The second kappa shape index (κ2) is 12.5. The van der Waals surface area contributed by atoms with Crippen LogP contribution in [0.3, 0.4) is 0 Å². The number of halogens is 2. The molecule has 1 aliphatic rings. The number of hydrogen-bond acceptors (Lipinski definition) is 6. The predicted molar refractivity (Wildman–Crippen MR) is 161 cm³/mol. The molecular weight excluding hydrogens is 561 g/mol. The largest absolute Gasteiger partial charge is 0.453 e. The number of hydrogen-bond donors (Lipinski definition) is 2. The van der Waals surface area contributed by atoms with Crippen LogP contribution in [0.15, 0.2) is 79.3 Å². The van der Waals surface area contributed by atoms with Crippen LogP contribution in [0.25, 0.3) is 22.5 Å². The Morgan fingerprint density at radius 2 is 2.07 bits per heavy atom. The molecule has 1 saturated carbocycles. The summed E-state index contributed by atoms with van der Waals surface area (Å²) in [5, 5.41) is 15.3. The molecule has 2 heterocycles. The average Bonchev–Trinajstić information content (AvgIpc) is 3.39. The quantitative estimate of drug-likeness (QED) is 0.184. The van der Waals surface area contributed by atoms with E-state index in [9.17, 15) is 4.79 Å². The maximum atomic E-state index is 11.5. The van der Waals surface area contributed by atoms with Crippen molar-refractivity contribution < 1.29 is 9.53 Å². The Hall–Kier alpha value is -4.21. The molecule has 0 aliphatic heterocycles. The molecule has 4 aromatic rings. The number of imidazole rings is 1. The van der Waals surface area contributed by atoms with E-state index in [0.717, 1.165) is 45.9 Å². The summed E-state index contributed by atoms with van der Waals surface area (Å²) in [7, 11) is 1.31. The molecule has 0 spiro atoms. The summed E-state index contributed by atoms with van der Waals surface area (Å²) in [5.41, 5.74) is 5.84. The molecule has 9 nitrogen and oxygen atoms in total. The van der Waals surface area contributed by atoms with Gasteiger partial charge in [0.05, 0.1) is 29.7 Å². The van der Waals surface area contributed by atoms with E-state index in [-0.39, 0.29) is 5.92 Å². The lowest BCUT2D eigenvalue weighted by molar-refractivity contribution is 0.187. The Morgan fingerprint density at radius 3 is 2.76 bits per heavy atom. The monoisotopic (exact) mass is 589 g/mol. The number of aromatic nitrogens is 6. The summed E-state index contributed by atoms with van der Waals surface area (Å²) in [6, 6.07) is 10.9. The first kappa shape index (κ1) is 28.3. The number of methoxy groups -OCH3 is 1. The highest BCUT2D eigenvalue weighted by atomic mass is 35.5. The Bertz CT molecular complexity index is 1620. The molecular formula is C30H29Cl2N7O2. The number of ether oxygens (including phenoxy) is 1. The van der Waals surface area contributed by atoms with Gasteiger partial charge in [-0.1, -0.05) is 66.4 Å². The molecule has 41 heavy (non-hydrogen) atoms. The minimum atomic E-state index is -0.557. The summed E-state index contributed by atoms with van der Waals surface area (Å²) in [4.78, 5) is 19.8. The maximum Gasteiger partial charge on any atom is 0.411 e. The number of allylic oxidation sites excluding steroid dienone is 5. The minimum absolute atomic E-state index is 0.0935. The van der Waals surface area contributed by atoms with Crippen molar-refractivity contribution >= 4 is 40.6 Å². The number of anilines is 1. The zero-order valence-corrected chi connectivity index (χ0v) is 24.2. The number of nitrogens with zero attached hydrogens (tertiary/aromatic N) is 5. The zero-order chi connectivity index (χ0) is 28.9. The van der Waals surface area contributed by atoms with E-state index < -0.39 is 6.09 Å². The number of benzene rings is 2. The zero-order valence-electron chi connectivity index (χ0n) is 22.6. The van der Waals surface area contributed by atoms with Gasteiger partial charge in [-0.15, -0.1) is 5.10 Å². The molecule has 2 aromatic carbocycles. The second-order valence-corrected chi connectivity index (χ2v) is 10.7. The highest BCUT2D eigenvalue weighted by molar-refractivity contribution is 6.33. The fourth-order valence-electron chi connectivity index (χ4n) is 4.65. The number of tetrazole rings is 1. The van der Waals surface area contributed by atoms with Crippen LogP contribution in [0.4, 0.5) is 10.5 Å². The number of nitrogens with one attached hydrogen (secondary N) is 2. The van der Waals surface area contributed by atoms with Crippen molar-refractivity contribution in [1.29, 1.82) is 0 Å². The molecule has 1 amide bonds. The molecule has 1 fully saturated rings. The fourth-order valence-corrected chi connectivity index (χ4v) is 5.10. The number of rotatable bonds is 10. The summed E-state index contributed by atoms with van der Waals surface area (Å²) < 4.78 is 6.25. The van der Waals surface area contributed by atoms with Crippen LogP contribution in [-0.4, -0.2) is 43.4 Å². The van der Waals surface area contributed by atoms with Crippen molar-refractivity contribution in [2.45, 2.75) is 32.1 Å². The van der Waals surface area contributed by atoms with E-state index in [1.54, 1.807) is 41.5 Å². The van der Waals surface area contributed by atoms with Crippen molar-refractivity contribution in [3.8, 4) is 16.9 Å². The molecule has 210 valence electrons. The lowest BCUT2D eigenvalue weighted by atomic mass is 9.92. The molecule has 2 aromatic heterocycles. The van der Waals surface area contributed by atoms with Gasteiger partial charge in [-0.25, -0.2) is 9.78 Å². The van der Waals surface area contributed by atoms with Gasteiger partial charge in [0, 0.05) is 27.8 Å². The Kier molecular flexibility index (Phi) is 8.66. The average molecular weight is 591 g/mol.